The lowest BCUT2D eigenvalue weighted by molar-refractivity contribution is 0.0405. The van der Waals surface area contributed by atoms with Gasteiger partial charge in [-0.15, -0.1) is 0 Å². The topological polar surface area (TPSA) is 124 Å². The summed E-state index contributed by atoms with van der Waals surface area (Å²) in [4.78, 5) is 19.2. The first-order chi connectivity index (χ1) is 22.1. The van der Waals surface area contributed by atoms with Gasteiger partial charge in [-0.3, -0.25) is 4.79 Å². The minimum Gasteiger partial charge on any atom is -0.506 e. The second-order valence-corrected chi connectivity index (χ2v) is 9.83. The van der Waals surface area contributed by atoms with E-state index in [-0.39, 0.29) is 11.5 Å². The fourth-order valence-electron chi connectivity index (χ4n) is 4.33. The van der Waals surface area contributed by atoms with Crippen molar-refractivity contribution < 1.29 is 38.3 Å². The van der Waals surface area contributed by atoms with Crippen LogP contribution in [0.25, 0.3) is 28.3 Å². The number of aromatic amines is 2. The van der Waals surface area contributed by atoms with Crippen LogP contribution >= 0.6 is 0 Å². The van der Waals surface area contributed by atoms with Gasteiger partial charge < -0.3 is 43.5 Å². The molecule has 0 fully saturated rings. The Kier molecular flexibility index (Phi) is 13.8. The van der Waals surface area contributed by atoms with Crippen LogP contribution in [0, 0.1) is 0 Å². The maximum atomic E-state index is 12.9. The molecule has 2 aromatic heterocycles. The van der Waals surface area contributed by atoms with Crippen molar-refractivity contribution in [1.82, 2.24) is 9.97 Å². The van der Waals surface area contributed by atoms with E-state index in [0.717, 1.165) is 34.0 Å². The van der Waals surface area contributed by atoms with Gasteiger partial charge in [0.25, 0.3) is 0 Å². The average Bonchev–Trinajstić information content (AvgIpc) is 3.76. The zero-order valence-corrected chi connectivity index (χ0v) is 25.9. The Labute approximate surface area is 263 Å². The summed E-state index contributed by atoms with van der Waals surface area (Å²) in [6, 6.07) is 22.3. The molecule has 0 aliphatic heterocycles. The van der Waals surface area contributed by atoms with E-state index >= 15 is 0 Å². The normalized spacial score (nSPS) is 11.6. The highest BCUT2D eigenvalue weighted by molar-refractivity contribution is 6.07. The van der Waals surface area contributed by atoms with Gasteiger partial charge in [-0.1, -0.05) is 0 Å². The highest BCUT2D eigenvalue weighted by atomic mass is 16.5. The fourth-order valence-corrected chi connectivity index (χ4v) is 4.33. The minimum atomic E-state index is -0.345. The van der Waals surface area contributed by atoms with Crippen molar-refractivity contribution in [3.05, 3.63) is 90.3 Å². The molecule has 10 heteroatoms. The second-order valence-electron chi connectivity index (χ2n) is 9.83. The van der Waals surface area contributed by atoms with Crippen LogP contribution in [0.3, 0.4) is 0 Å². The Balaban J connectivity index is 1.25. The van der Waals surface area contributed by atoms with E-state index < -0.39 is 0 Å². The third-order valence-corrected chi connectivity index (χ3v) is 6.66. The summed E-state index contributed by atoms with van der Waals surface area (Å²) in [7, 11) is 0. The Morgan fingerprint density at radius 2 is 1.00 bits per heavy atom. The number of ketones is 1. The molecule has 4 aromatic rings. The molecule has 0 bridgehead atoms. The summed E-state index contributed by atoms with van der Waals surface area (Å²) >= 11 is 0. The van der Waals surface area contributed by atoms with Crippen molar-refractivity contribution in [2.24, 2.45) is 0 Å². The van der Waals surface area contributed by atoms with Gasteiger partial charge >= 0.3 is 0 Å². The molecule has 0 radical (unpaired) electrons. The lowest BCUT2D eigenvalue weighted by Crippen LogP contribution is -2.10. The molecule has 0 atom stereocenters. The maximum Gasteiger partial charge on any atom is 0.205 e. The predicted octanol–water partition coefficient (Wildman–Crippen LogP) is 6.32. The SMILES string of the molecule is CCOCCOCCOc1ccc(-c2ccc(C(=O)/C=C(\O)c3ccc(-c4ccc(OCCOCCOCC)cc4)[nH]3)[nH]2)cc1. The number of carbonyl (C=O) groups excluding carboxylic acids is 1. The molecule has 0 unspecified atom stereocenters. The van der Waals surface area contributed by atoms with Crippen molar-refractivity contribution in [2.75, 3.05) is 66.1 Å². The number of aliphatic hydroxyl groups is 1. The van der Waals surface area contributed by atoms with Crippen molar-refractivity contribution >= 4 is 11.5 Å². The molecule has 45 heavy (non-hydrogen) atoms. The number of H-pyrrole nitrogens is 2. The van der Waals surface area contributed by atoms with E-state index in [1.54, 1.807) is 12.1 Å². The standard InChI is InChI=1S/C35H42N2O8/c1-3-40-17-19-42-21-23-44-28-9-5-26(6-10-28)30-13-15-32(36-30)34(38)25-35(39)33-16-14-31(37-33)27-7-11-29(12-8-27)45-24-22-43-20-18-41-4-2/h5-16,25,36-38H,3-4,17-24H2,1-2H3/b34-25-. The van der Waals surface area contributed by atoms with Crippen LogP contribution in [0.15, 0.2) is 78.9 Å². The van der Waals surface area contributed by atoms with Gasteiger partial charge in [0.2, 0.25) is 5.78 Å². The molecular weight excluding hydrogens is 576 g/mol. The summed E-state index contributed by atoms with van der Waals surface area (Å²) in [6.07, 6.45) is 1.20. The van der Waals surface area contributed by atoms with Crippen molar-refractivity contribution in [3.63, 3.8) is 0 Å². The van der Waals surface area contributed by atoms with Crippen molar-refractivity contribution in [2.45, 2.75) is 13.8 Å². The third-order valence-electron chi connectivity index (χ3n) is 6.66. The lowest BCUT2D eigenvalue weighted by Gasteiger charge is -2.08. The monoisotopic (exact) mass is 618 g/mol. The maximum absolute atomic E-state index is 12.9. The third kappa shape index (κ3) is 10.9. The van der Waals surface area contributed by atoms with Gasteiger partial charge in [-0.05, 0) is 97.8 Å². The highest BCUT2D eigenvalue weighted by Crippen LogP contribution is 2.25. The molecule has 240 valence electrons. The fraction of sp³-hybridized carbons (Fsp3) is 0.343. The van der Waals surface area contributed by atoms with Crippen LogP contribution in [0.5, 0.6) is 11.5 Å². The lowest BCUT2D eigenvalue weighted by atomic mass is 10.1. The first kappa shape index (κ1) is 33.5. The number of aromatic nitrogens is 2. The van der Waals surface area contributed by atoms with Crippen molar-refractivity contribution in [1.29, 1.82) is 0 Å². The number of hydrogen-bond acceptors (Lipinski definition) is 8. The molecule has 0 saturated heterocycles. The molecule has 4 rings (SSSR count). The molecular formula is C35H42N2O8. The molecule has 3 N–H and O–H groups in total. The molecule has 0 amide bonds. The van der Waals surface area contributed by atoms with Crippen molar-refractivity contribution in [3.8, 4) is 34.0 Å². The molecule has 2 heterocycles. The van der Waals surface area contributed by atoms with E-state index in [1.165, 1.54) is 6.08 Å². The number of benzene rings is 2. The molecule has 10 nitrogen and oxygen atoms in total. The number of nitrogens with one attached hydrogen (secondary N) is 2. The highest BCUT2D eigenvalue weighted by Gasteiger charge is 2.12. The van der Waals surface area contributed by atoms with E-state index in [2.05, 4.69) is 9.97 Å². The van der Waals surface area contributed by atoms with Crippen LogP contribution in [-0.4, -0.2) is 86.9 Å². The van der Waals surface area contributed by atoms with Gasteiger partial charge in [0.15, 0.2) is 0 Å². The smallest absolute Gasteiger partial charge is 0.205 e. The number of allylic oxidation sites excluding steroid dienone is 1. The van der Waals surface area contributed by atoms with Crippen LogP contribution in [0.4, 0.5) is 0 Å². The first-order valence-corrected chi connectivity index (χ1v) is 15.2. The predicted molar refractivity (Wildman–Crippen MR) is 173 cm³/mol. The second kappa shape index (κ2) is 18.5. The largest absolute Gasteiger partial charge is 0.506 e. The molecule has 0 spiro atoms. The number of aliphatic hydroxyl groups excluding tert-OH is 1. The van der Waals surface area contributed by atoms with Gasteiger partial charge in [-0.25, -0.2) is 0 Å². The summed E-state index contributed by atoms with van der Waals surface area (Å²) in [5.41, 5.74) is 4.19. The zero-order chi connectivity index (χ0) is 31.7. The Morgan fingerprint density at radius 1 is 0.578 bits per heavy atom. The summed E-state index contributed by atoms with van der Waals surface area (Å²) in [5.74, 6) is 0.960. The van der Waals surface area contributed by atoms with E-state index in [4.69, 9.17) is 28.4 Å². The van der Waals surface area contributed by atoms with Gasteiger partial charge in [0.05, 0.1) is 51.0 Å². The summed E-state index contributed by atoms with van der Waals surface area (Å²) in [5, 5.41) is 10.7. The van der Waals surface area contributed by atoms with Gasteiger partial charge in [0.1, 0.15) is 30.5 Å². The minimum absolute atomic E-state index is 0.157. The molecule has 0 aliphatic rings. The average molecular weight is 619 g/mol. The van der Waals surface area contributed by atoms with Gasteiger partial charge in [-0.2, -0.15) is 0 Å². The molecule has 2 aromatic carbocycles. The number of ether oxygens (including phenoxy) is 6. The molecule has 0 aliphatic carbocycles. The zero-order valence-electron chi connectivity index (χ0n) is 25.9. The Morgan fingerprint density at radius 3 is 1.49 bits per heavy atom. The first-order valence-electron chi connectivity index (χ1n) is 15.2. The van der Waals surface area contributed by atoms with E-state index in [0.29, 0.717) is 77.5 Å². The van der Waals surface area contributed by atoms with Crippen LogP contribution in [0.1, 0.15) is 30.0 Å². The number of rotatable bonds is 21. The van der Waals surface area contributed by atoms with Gasteiger partial charge in [0, 0.05) is 30.7 Å². The Hall–Kier alpha value is -4.35. The molecule has 0 saturated carbocycles. The van der Waals surface area contributed by atoms with E-state index in [1.807, 2.05) is 74.5 Å². The van der Waals surface area contributed by atoms with E-state index in [9.17, 15) is 9.90 Å². The van der Waals surface area contributed by atoms with Crippen LogP contribution < -0.4 is 9.47 Å². The number of carbonyl (C=O) groups is 1. The van der Waals surface area contributed by atoms with Crippen LogP contribution in [0.2, 0.25) is 0 Å². The Bertz CT molecular complexity index is 1460. The number of hydrogen-bond donors (Lipinski definition) is 3. The quantitative estimate of drug-likeness (QED) is 0.0429. The summed E-state index contributed by atoms with van der Waals surface area (Å²) < 4.78 is 32.8. The summed E-state index contributed by atoms with van der Waals surface area (Å²) in [6.45, 7) is 9.36. The van der Waals surface area contributed by atoms with Crippen LogP contribution in [-0.2, 0) is 18.9 Å².